The lowest BCUT2D eigenvalue weighted by molar-refractivity contribution is -0.146. The number of ether oxygens (including phenoxy) is 1. The zero-order chi connectivity index (χ0) is 30.9. The molecule has 6 nitrogen and oxygen atoms in total. The predicted molar refractivity (Wildman–Crippen MR) is 172 cm³/mol. The van der Waals surface area contributed by atoms with Crippen LogP contribution >= 0.6 is 11.6 Å². The quantitative estimate of drug-likeness (QED) is 0.163. The Labute approximate surface area is 257 Å². The molecule has 0 aliphatic heterocycles. The molecule has 1 N–H and O–H groups in total. The summed E-state index contributed by atoms with van der Waals surface area (Å²) in [7, 11) is 0. The number of hydrogen-bond acceptors (Lipinski definition) is 4. The minimum Gasteiger partial charge on any atom is -0.487 e. The predicted octanol–water partition coefficient (Wildman–Crippen LogP) is 8.74. The molecule has 0 bridgehead atoms. The van der Waals surface area contributed by atoms with Gasteiger partial charge in [0.15, 0.2) is 5.78 Å². The number of nitrogens with zero attached hydrogens (tertiary/aromatic N) is 2. The number of carbonyl (C=O) groups excluding carboxylic acids is 1. The van der Waals surface area contributed by atoms with Crippen molar-refractivity contribution in [3.05, 3.63) is 106 Å². The Morgan fingerprint density at radius 1 is 0.930 bits per heavy atom. The number of fused-ring (bicyclic) bond motifs is 2. The molecule has 5 aromatic rings. The van der Waals surface area contributed by atoms with E-state index in [2.05, 4.69) is 4.57 Å². The highest BCUT2D eigenvalue weighted by Gasteiger charge is 2.34. The minimum absolute atomic E-state index is 0.0168. The molecule has 0 amide bonds. The number of aromatic nitrogens is 2. The summed E-state index contributed by atoms with van der Waals surface area (Å²) in [4.78, 5) is 31.0. The third-order valence-corrected chi connectivity index (χ3v) is 7.85. The smallest absolute Gasteiger partial charge is 0.309 e. The summed E-state index contributed by atoms with van der Waals surface area (Å²) in [5.41, 5.74) is 3.46. The number of hydrogen-bond donors (Lipinski definition) is 1. The van der Waals surface area contributed by atoms with E-state index in [1.54, 1.807) is 13.8 Å². The van der Waals surface area contributed by atoms with Crippen LogP contribution in [0.15, 0.2) is 78.9 Å². The average molecular weight is 597 g/mol. The van der Waals surface area contributed by atoms with Crippen molar-refractivity contribution in [2.75, 3.05) is 0 Å². The van der Waals surface area contributed by atoms with Crippen LogP contribution in [0.4, 0.5) is 0 Å². The van der Waals surface area contributed by atoms with Crippen molar-refractivity contribution in [2.24, 2.45) is 10.8 Å². The van der Waals surface area contributed by atoms with Crippen LogP contribution in [-0.2, 0) is 24.4 Å². The first-order chi connectivity index (χ1) is 20.3. The second-order valence-corrected chi connectivity index (χ2v) is 13.5. The Morgan fingerprint density at radius 2 is 1.65 bits per heavy atom. The number of halogens is 1. The number of benzene rings is 3. The van der Waals surface area contributed by atoms with Crippen molar-refractivity contribution in [2.45, 2.75) is 60.6 Å². The molecule has 0 atom stereocenters. The van der Waals surface area contributed by atoms with E-state index in [-0.39, 0.29) is 24.2 Å². The highest BCUT2D eigenvalue weighted by molar-refractivity contribution is 6.30. The summed E-state index contributed by atoms with van der Waals surface area (Å²) >= 11 is 6.16. The number of pyridine rings is 1. The monoisotopic (exact) mass is 596 g/mol. The van der Waals surface area contributed by atoms with Gasteiger partial charge in [0.2, 0.25) is 0 Å². The lowest BCUT2D eigenvalue weighted by Gasteiger charge is -2.23. The number of para-hydroxylation sites is 1. The molecule has 0 aliphatic carbocycles. The molecule has 0 fully saturated rings. The highest BCUT2D eigenvalue weighted by Crippen LogP contribution is 2.37. The van der Waals surface area contributed by atoms with Crippen LogP contribution in [-0.4, -0.2) is 26.4 Å². The van der Waals surface area contributed by atoms with Gasteiger partial charge >= 0.3 is 5.97 Å². The number of aliphatic carboxylic acids is 1. The lowest BCUT2D eigenvalue weighted by Crippen LogP contribution is -2.28. The first-order valence-corrected chi connectivity index (χ1v) is 14.8. The van der Waals surface area contributed by atoms with Crippen LogP contribution in [0, 0.1) is 10.8 Å². The number of rotatable bonds is 10. The Bertz CT molecular complexity index is 1810. The van der Waals surface area contributed by atoms with Crippen molar-refractivity contribution in [1.29, 1.82) is 0 Å². The maximum Gasteiger partial charge on any atom is 0.309 e. The Kier molecular flexibility index (Phi) is 8.35. The number of carboxylic acid groups (broad SMARTS) is 1. The molecular formula is C36H37ClN2O4. The molecule has 5 rings (SSSR count). The number of ketones is 1. The molecule has 3 aromatic carbocycles. The van der Waals surface area contributed by atoms with Crippen molar-refractivity contribution in [3.63, 3.8) is 0 Å². The van der Waals surface area contributed by atoms with Gasteiger partial charge in [-0.05, 0) is 67.3 Å². The lowest BCUT2D eigenvalue weighted by atomic mass is 9.83. The largest absolute Gasteiger partial charge is 0.487 e. The van der Waals surface area contributed by atoms with E-state index in [1.807, 2.05) is 99.6 Å². The van der Waals surface area contributed by atoms with E-state index >= 15 is 0 Å². The van der Waals surface area contributed by atoms with Gasteiger partial charge < -0.3 is 14.4 Å². The van der Waals surface area contributed by atoms with E-state index in [0.717, 1.165) is 33.1 Å². The normalized spacial score (nSPS) is 12.1. The summed E-state index contributed by atoms with van der Waals surface area (Å²) < 4.78 is 8.29. The van der Waals surface area contributed by atoms with Crippen LogP contribution in [0.3, 0.4) is 0 Å². The summed E-state index contributed by atoms with van der Waals surface area (Å²) in [6, 6.07) is 25.2. The first-order valence-electron chi connectivity index (χ1n) is 14.4. The van der Waals surface area contributed by atoms with Gasteiger partial charge in [0.05, 0.1) is 16.6 Å². The van der Waals surface area contributed by atoms with Crippen LogP contribution in [0.5, 0.6) is 5.75 Å². The van der Waals surface area contributed by atoms with Crippen molar-refractivity contribution in [3.8, 4) is 5.75 Å². The van der Waals surface area contributed by atoms with Gasteiger partial charge in [0, 0.05) is 52.0 Å². The Hall–Kier alpha value is -4.16. The van der Waals surface area contributed by atoms with Gasteiger partial charge in [-0.25, -0.2) is 4.98 Å². The molecule has 0 radical (unpaired) electrons. The topological polar surface area (TPSA) is 81.4 Å². The highest BCUT2D eigenvalue weighted by atomic mass is 35.5. The third-order valence-electron chi connectivity index (χ3n) is 7.60. The molecular weight excluding hydrogens is 560 g/mol. The van der Waals surface area contributed by atoms with Gasteiger partial charge in [-0.3, -0.25) is 9.59 Å². The maximum atomic E-state index is 14.0. The minimum atomic E-state index is -1.09. The van der Waals surface area contributed by atoms with E-state index in [4.69, 9.17) is 21.3 Å². The molecule has 0 unspecified atom stereocenters. The number of carboxylic acids is 1. The second kappa shape index (κ2) is 11.8. The van der Waals surface area contributed by atoms with Gasteiger partial charge in [0.25, 0.3) is 0 Å². The zero-order valence-corrected chi connectivity index (χ0v) is 26.0. The van der Waals surface area contributed by atoms with Crippen molar-refractivity contribution >= 4 is 45.2 Å². The first kappa shape index (κ1) is 30.3. The molecule has 2 heterocycles. The standard InChI is InChI=1S/C36H37ClN2O4/c1-35(2,3)20-32(40)33-28-18-27(43-22-26-15-12-24-8-6-7-9-29(24)38-26)16-17-30(28)39(21-23-10-13-25(37)14-11-23)31(33)19-36(4,5)34(41)42/h6-18H,19-22H2,1-5H3,(H,41,42). The van der Waals surface area contributed by atoms with Gasteiger partial charge in [-0.1, -0.05) is 68.8 Å². The fourth-order valence-electron chi connectivity index (χ4n) is 5.33. The van der Waals surface area contributed by atoms with Gasteiger partial charge in [0.1, 0.15) is 12.4 Å². The maximum absolute atomic E-state index is 14.0. The molecule has 0 aliphatic rings. The van der Waals surface area contributed by atoms with Gasteiger partial charge in [-0.15, -0.1) is 0 Å². The SMILES string of the molecule is CC(C)(C)CC(=O)c1c(CC(C)(C)C(=O)O)n(Cc2ccc(Cl)cc2)c2ccc(OCc3ccc4ccccc4n3)cc12. The van der Waals surface area contributed by atoms with Crippen molar-refractivity contribution < 1.29 is 19.4 Å². The van der Waals surface area contributed by atoms with E-state index in [1.165, 1.54) is 0 Å². The van der Waals surface area contributed by atoms with E-state index in [9.17, 15) is 14.7 Å². The Balaban J connectivity index is 1.62. The summed E-state index contributed by atoms with van der Waals surface area (Å²) in [6.07, 6.45) is 0.507. The molecule has 7 heteroatoms. The molecule has 0 saturated carbocycles. The van der Waals surface area contributed by atoms with Crippen molar-refractivity contribution in [1.82, 2.24) is 9.55 Å². The van der Waals surface area contributed by atoms with E-state index in [0.29, 0.717) is 35.0 Å². The summed E-state index contributed by atoms with van der Waals surface area (Å²) in [5.74, 6) is -0.325. The molecule has 222 valence electrons. The average Bonchev–Trinajstić information content (AvgIpc) is 3.23. The Morgan fingerprint density at radius 3 is 2.35 bits per heavy atom. The number of carbonyl (C=O) groups is 2. The molecule has 0 spiro atoms. The fraction of sp³-hybridized carbons (Fsp3) is 0.306. The summed E-state index contributed by atoms with van der Waals surface area (Å²) in [5, 5.41) is 12.5. The van der Waals surface area contributed by atoms with Crippen LogP contribution < -0.4 is 4.74 Å². The van der Waals surface area contributed by atoms with E-state index < -0.39 is 11.4 Å². The van der Waals surface area contributed by atoms with Crippen LogP contribution in [0.1, 0.15) is 68.3 Å². The third kappa shape index (κ3) is 6.91. The molecule has 0 saturated heterocycles. The van der Waals surface area contributed by atoms with Crippen LogP contribution in [0.2, 0.25) is 5.02 Å². The summed E-state index contributed by atoms with van der Waals surface area (Å²) in [6.45, 7) is 10.2. The number of Topliss-reactive ketones (excluding diaryl/α,β-unsaturated/α-hetero) is 1. The molecule has 43 heavy (non-hydrogen) atoms. The second-order valence-electron chi connectivity index (χ2n) is 13.0. The van der Waals surface area contributed by atoms with Crippen LogP contribution in [0.25, 0.3) is 21.8 Å². The fourth-order valence-corrected chi connectivity index (χ4v) is 5.46. The zero-order valence-electron chi connectivity index (χ0n) is 25.3. The van der Waals surface area contributed by atoms with Gasteiger partial charge in [-0.2, -0.15) is 0 Å². The molecule has 2 aromatic heterocycles.